The summed E-state index contributed by atoms with van der Waals surface area (Å²) in [5.41, 5.74) is 13.2. The van der Waals surface area contributed by atoms with Gasteiger partial charge in [0.25, 0.3) is 0 Å². The third kappa shape index (κ3) is 12.6. The Kier molecular flexibility index (Phi) is 16.6. The van der Waals surface area contributed by atoms with E-state index in [9.17, 15) is 53.4 Å². The molecular weight excluding hydrogens is 831 g/mol. The number of benzene rings is 2. The maximum atomic E-state index is 14.3. The average Bonchev–Trinajstić information content (AvgIpc) is 4.03. The Labute approximate surface area is 369 Å². The molecule has 2 aliphatic rings. The van der Waals surface area contributed by atoms with Crippen LogP contribution in [0.1, 0.15) is 69.9 Å². The van der Waals surface area contributed by atoms with E-state index in [1.165, 1.54) is 9.80 Å². The molecule has 0 bridgehead atoms. The van der Waals surface area contributed by atoms with Crippen LogP contribution in [0.5, 0.6) is 0 Å². The van der Waals surface area contributed by atoms with E-state index in [1.54, 1.807) is 60.8 Å². The first-order valence-corrected chi connectivity index (χ1v) is 21.3. The fourth-order valence-electron chi connectivity index (χ4n) is 8.25. The summed E-state index contributed by atoms with van der Waals surface area (Å²) in [7, 11) is 0. The predicted molar refractivity (Wildman–Crippen MR) is 230 cm³/mol. The number of hydrogen-bond acceptors (Lipinski definition) is 10. The molecule has 20 heteroatoms. The van der Waals surface area contributed by atoms with Gasteiger partial charge in [-0.2, -0.15) is 0 Å². The Bertz CT molecular complexity index is 2210. The van der Waals surface area contributed by atoms with Gasteiger partial charge in [0, 0.05) is 43.0 Å². The molecule has 0 saturated carbocycles. The van der Waals surface area contributed by atoms with Crippen LogP contribution in [0, 0.1) is 5.92 Å². The van der Waals surface area contributed by atoms with Crippen molar-refractivity contribution in [2.45, 2.75) is 114 Å². The predicted octanol–water partition coefficient (Wildman–Crippen LogP) is -0.318. The number of primary amides is 1. The lowest BCUT2D eigenvalue weighted by Gasteiger charge is -2.33. The molecule has 344 valence electrons. The second-order valence-corrected chi connectivity index (χ2v) is 16.7. The maximum absolute atomic E-state index is 14.3. The smallest absolute Gasteiger partial charge is 0.305 e. The molecule has 0 radical (unpaired) electrons. The summed E-state index contributed by atoms with van der Waals surface area (Å²) in [6, 6.07) is 6.61. The minimum atomic E-state index is -1.80. The highest BCUT2D eigenvalue weighted by Crippen LogP contribution is 2.26. The van der Waals surface area contributed by atoms with Gasteiger partial charge in [0.1, 0.15) is 36.3 Å². The van der Waals surface area contributed by atoms with E-state index in [2.05, 4.69) is 26.3 Å². The minimum Gasteiger partial charge on any atom is -0.481 e. The third-order valence-electron chi connectivity index (χ3n) is 11.4. The summed E-state index contributed by atoms with van der Waals surface area (Å²) in [5, 5.41) is 30.0. The van der Waals surface area contributed by atoms with Crippen molar-refractivity contribution in [2.24, 2.45) is 17.4 Å². The molecule has 7 atom stereocenters. The molecule has 0 aliphatic carbocycles. The van der Waals surface area contributed by atoms with Crippen LogP contribution in [0.3, 0.4) is 0 Å². The molecule has 2 aromatic carbocycles. The van der Waals surface area contributed by atoms with E-state index >= 15 is 0 Å². The van der Waals surface area contributed by atoms with Crippen LogP contribution in [0.15, 0.2) is 60.8 Å². The van der Waals surface area contributed by atoms with E-state index in [0.717, 1.165) is 0 Å². The number of H-pyrrole nitrogens is 1. The molecule has 2 fully saturated rings. The zero-order chi connectivity index (χ0) is 46.7. The number of carbonyl (C=O) groups is 9. The SMILES string of the molecule is CC(C)C[C@H](NC(=O)[C@H](Cc1ccccc1)NC(=O)[C@H](CC(=O)O)NC(=O)[C@H](Cc1c[nH]c2ccccc12)NC(=O)[C@@H](N)CC(=O)O)C(=O)N1CCC[C@H]1C(=O)N1CCC[C@H]1C(N)=O. The molecule has 64 heavy (non-hydrogen) atoms. The number of likely N-dealkylation sites (tertiary alicyclic amines) is 2. The van der Waals surface area contributed by atoms with Crippen LogP contribution in [-0.2, 0) is 56.0 Å². The van der Waals surface area contributed by atoms with Crippen molar-refractivity contribution in [3.05, 3.63) is 71.9 Å². The molecular formula is C44H57N9O11. The molecule has 1 aromatic heterocycles. The van der Waals surface area contributed by atoms with Crippen molar-refractivity contribution in [2.75, 3.05) is 13.1 Å². The lowest BCUT2D eigenvalue weighted by Crippen LogP contribution is -2.60. The molecule has 11 N–H and O–H groups in total. The monoisotopic (exact) mass is 887 g/mol. The Morgan fingerprint density at radius 1 is 0.688 bits per heavy atom. The fourth-order valence-corrected chi connectivity index (χ4v) is 8.25. The number of carboxylic acids is 2. The van der Waals surface area contributed by atoms with Crippen LogP contribution in [0.4, 0.5) is 0 Å². The van der Waals surface area contributed by atoms with Crippen molar-refractivity contribution in [3.63, 3.8) is 0 Å². The van der Waals surface area contributed by atoms with Crippen LogP contribution < -0.4 is 32.7 Å². The van der Waals surface area contributed by atoms with Crippen LogP contribution in [0.2, 0.25) is 0 Å². The van der Waals surface area contributed by atoms with Gasteiger partial charge in [-0.05, 0) is 55.2 Å². The molecule has 2 saturated heterocycles. The fraction of sp³-hybridized carbons (Fsp3) is 0.477. The minimum absolute atomic E-state index is 0.121. The molecule has 2 aliphatic heterocycles. The summed E-state index contributed by atoms with van der Waals surface area (Å²) in [4.78, 5) is 125. The van der Waals surface area contributed by atoms with Crippen LogP contribution in [-0.4, -0.2) is 134 Å². The Morgan fingerprint density at radius 2 is 1.23 bits per heavy atom. The molecule has 0 unspecified atom stereocenters. The highest BCUT2D eigenvalue weighted by molar-refractivity contribution is 5.99. The maximum Gasteiger partial charge on any atom is 0.305 e. The van der Waals surface area contributed by atoms with Crippen LogP contribution >= 0.6 is 0 Å². The molecule has 3 heterocycles. The zero-order valence-corrected chi connectivity index (χ0v) is 35.8. The van der Waals surface area contributed by atoms with Gasteiger partial charge in [-0.15, -0.1) is 0 Å². The topological polar surface area (TPSA) is 317 Å². The Hall–Kier alpha value is -6.83. The van der Waals surface area contributed by atoms with E-state index in [1.807, 2.05) is 13.8 Å². The number of amides is 7. The molecule has 5 rings (SSSR count). The number of hydrogen-bond donors (Lipinski definition) is 9. The summed E-state index contributed by atoms with van der Waals surface area (Å²) < 4.78 is 0. The largest absolute Gasteiger partial charge is 0.481 e. The Balaban J connectivity index is 1.38. The highest BCUT2D eigenvalue weighted by Gasteiger charge is 2.44. The molecule has 3 aromatic rings. The number of carbonyl (C=O) groups excluding carboxylic acids is 7. The first kappa shape index (κ1) is 48.2. The number of rotatable bonds is 21. The van der Waals surface area contributed by atoms with Crippen molar-refractivity contribution in [1.82, 2.24) is 36.1 Å². The van der Waals surface area contributed by atoms with Crippen molar-refractivity contribution in [3.8, 4) is 0 Å². The van der Waals surface area contributed by atoms with E-state index in [-0.39, 0.29) is 31.7 Å². The number of nitrogens with zero attached hydrogens (tertiary/aromatic N) is 2. The van der Waals surface area contributed by atoms with E-state index in [4.69, 9.17) is 11.5 Å². The number of para-hydroxylation sites is 1. The summed E-state index contributed by atoms with van der Waals surface area (Å²) in [6.45, 7) is 4.23. The third-order valence-corrected chi connectivity index (χ3v) is 11.4. The normalized spacial score (nSPS) is 18.4. The number of fused-ring (bicyclic) bond motifs is 1. The second kappa shape index (κ2) is 22.0. The van der Waals surface area contributed by atoms with Gasteiger partial charge in [-0.1, -0.05) is 62.4 Å². The lowest BCUT2D eigenvalue weighted by atomic mass is 9.99. The summed E-state index contributed by atoms with van der Waals surface area (Å²) in [5.74, 6) is -8.38. The number of nitrogens with two attached hydrogens (primary N) is 2. The molecule has 7 amide bonds. The zero-order valence-electron chi connectivity index (χ0n) is 35.8. The number of carboxylic acid groups (broad SMARTS) is 2. The number of aromatic nitrogens is 1. The van der Waals surface area contributed by atoms with E-state index < -0.39 is 108 Å². The second-order valence-electron chi connectivity index (χ2n) is 16.7. The lowest BCUT2D eigenvalue weighted by molar-refractivity contribution is -0.147. The van der Waals surface area contributed by atoms with Gasteiger partial charge in [0.15, 0.2) is 0 Å². The number of aromatic amines is 1. The van der Waals surface area contributed by atoms with Gasteiger partial charge >= 0.3 is 11.9 Å². The van der Waals surface area contributed by atoms with Crippen molar-refractivity contribution >= 4 is 64.2 Å². The van der Waals surface area contributed by atoms with Crippen molar-refractivity contribution < 1.29 is 53.4 Å². The molecule has 0 spiro atoms. The first-order chi connectivity index (χ1) is 30.4. The summed E-state index contributed by atoms with van der Waals surface area (Å²) in [6.07, 6.45) is 1.61. The first-order valence-electron chi connectivity index (χ1n) is 21.3. The standard InChI is InChI=1S/C44H57N9O11/c1-24(2)18-33(43(63)53-17-9-15-35(53)44(64)52-16-8-14-34(52)38(46)58)51-40(60)30(19-25-10-4-3-5-11-25)49-42(62)32(22-37(56)57)50-41(61)31(48-39(59)28(45)21-36(54)55)20-26-23-47-29-13-7-6-12-27(26)29/h3-7,10-13,23-24,28,30-35,47H,8-9,14-22,45H2,1-2H3,(H2,46,58)(H,48,59)(H,49,62)(H,50,61)(H,51,60)(H,54,55)(H,56,57)/t28-,30-,31-,32-,33-,34-,35-/m0/s1. The van der Waals surface area contributed by atoms with Gasteiger partial charge < -0.3 is 57.7 Å². The highest BCUT2D eigenvalue weighted by atomic mass is 16.4. The van der Waals surface area contributed by atoms with Crippen LogP contribution in [0.25, 0.3) is 10.9 Å². The number of nitrogens with one attached hydrogen (secondary N) is 5. The average molecular weight is 888 g/mol. The summed E-state index contributed by atoms with van der Waals surface area (Å²) >= 11 is 0. The molecule has 20 nitrogen and oxygen atoms in total. The van der Waals surface area contributed by atoms with Gasteiger partial charge in [-0.25, -0.2) is 0 Å². The number of aliphatic carboxylic acids is 2. The van der Waals surface area contributed by atoms with Gasteiger partial charge in [0.2, 0.25) is 41.4 Å². The van der Waals surface area contributed by atoms with Gasteiger partial charge in [-0.3, -0.25) is 43.2 Å². The van der Waals surface area contributed by atoms with Crippen molar-refractivity contribution in [1.29, 1.82) is 0 Å². The van der Waals surface area contributed by atoms with E-state index in [0.29, 0.717) is 54.3 Å². The quantitative estimate of drug-likeness (QED) is 0.0665. The van der Waals surface area contributed by atoms with Gasteiger partial charge in [0.05, 0.1) is 18.9 Å². The Morgan fingerprint density at radius 3 is 1.88 bits per heavy atom.